The number of nitrogens with one attached hydrogen (secondary N) is 1. The first-order chi connectivity index (χ1) is 12.1. The van der Waals surface area contributed by atoms with Crippen LogP contribution in [0.4, 0.5) is 0 Å². The molecule has 3 heterocycles. The third kappa shape index (κ3) is 4.08. The third-order valence-corrected chi connectivity index (χ3v) is 6.43. The maximum Gasteiger partial charge on any atom is 0.265 e. The van der Waals surface area contributed by atoms with E-state index in [1.54, 1.807) is 16.2 Å². The van der Waals surface area contributed by atoms with Crippen molar-refractivity contribution >= 4 is 34.5 Å². The van der Waals surface area contributed by atoms with Crippen molar-refractivity contribution in [3.8, 4) is 9.88 Å². The van der Waals surface area contributed by atoms with E-state index in [9.17, 15) is 9.59 Å². The first kappa shape index (κ1) is 18.0. The number of nitrogens with zero attached hydrogens (tertiary/aromatic N) is 2. The zero-order chi connectivity index (χ0) is 17.8. The molecule has 3 N–H and O–H groups in total. The van der Waals surface area contributed by atoms with E-state index in [-0.39, 0.29) is 17.7 Å². The normalized spacial score (nSPS) is 17.5. The number of hydrogen-bond acceptors (Lipinski definition) is 6. The number of piperidine rings is 1. The predicted molar refractivity (Wildman–Crippen MR) is 101 cm³/mol. The fourth-order valence-electron chi connectivity index (χ4n) is 2.96. The molecule has 0 saturated carbocycles. The lowest BCUT2D eigenvalue weighted by Gasteiger charge is -2.31. The van der Waals surface area contributed by atoms with Gasteiger partial charge in [0.15, 0.2) is 0 Å². The van der Waals surface area contributed by atoms with Crippen LogP contribution in [0.2, 0.25) is 0 Å². The van der Waals surface area contributed by atoms with Crippen LogP contribution in [0, 0.1) is 12.8 Å². The summed E-state index contributed by atoms with van der Waals surface area (Å²) in [5.74, 6) is -0.188. The minimum Gasteiger partial charge on any atom is -0.355 e. The number of rotatable bonds is 5. The minimum absolute atomic E-state index is 0.0109. The van der Waals surface area contributed by atoms with Gasteiger partial charge in [-0.2, -0.15) is 0 Å². The Morgan fingerprint density at radius 2 is 2.32 bits per heavy atom. The second kappa shape index (κ2) is 8.07. The number of likely N-dealkylation sites (tertiary alicyclic amines) is 1. The highest BCUT2D eigenvalue weighted by Gasteiger charge is 2.30. The molecule has 1 aliphatic heterocycles. The Labute approximate surface area is 155 Å². The summed E-state index contributed by atoms with van der Waals surface area (Å²) in [6.45, 7) is 3.91. The van der Waals surface area contributed by atoms with E-state index >= 15 is 0 Å². The van der Waals surface area contributed by atoms with Gasteiger partial charge in [-0.15, -0.1) is 22.7 Å². The molecular weight excluding hydrogens is 356 g/mol. The Bertz CT molecular complexity index is 742. The molecule has 1 atom stereocenters. The van der Waals surface area contributed by atoms with Crippen LogP contribution in [0.3, 0.4) is 0 Å². The fraction of sp³-hybridized carbons (Fsp3) is 0.471. The van der Waals surface area contributed by atoms with Crippen LogP contribution in [-0.2, 0) is 4.79 Å². The largest absolute Gasteiger partial charge is 0.355 e. The molecule has 3 rings (SSSR count). The van der Waals surface area contributed by atoms with Crippen LogP contribution >= 0.6 is 22.7 Å². The Morgan fingerprint density at radius 3 is 3.04 bits per heavy atom. The monoisotopic (exact) mass is 378 g/mol. The summed E-state index contributed by atoms with van der Waals surface area (Å²) in [5, 5.41) is 5.71. The molecule has 2 aromatic rings. The first-order valence-electron chi connectivity index (χ1n) is 8.38. The highest BCUT2D eigenvalue weighted by Crippen LogP contribution is 2.32. The molecule has 0 aliphatic carbocycles. The second-order valence-electron chi connectivity index (χ2n) is 6.08. The smallest absolute Gasteiger partial charge is 0.265 e. The Hall–Kier alpha value is -1.77. The number of aromatic nitrogens is 1. The Balaban J connectivity index is 1.71. The van der Waals surface area contributed by atoms with E-state index in [2.05, 4.69) is 10.3 Å². The van der Waals surface area contributed by atoms with Gasteiger partial charge in [0, 0.05) is 26.2 Å². The summed E-state index contributed by atoms with van der Waals surface area (Å²) in [6, 6.07) is 3.99. The SMILES string of the molecule is Cc1nc(-c2cccs2)sc1C(=O)N1CCCC(C(=O)NCCN)C1. The van der Waals surface area contributed by atoms with Gasteiger partial charge in [-0.1, -0.05) is 6.07 Å². The number of carbonyl (C=O) groups is 2. The van der Waals surface area contributed by atoms with Gasteiger partial charge in [0.1, 0.15) is 9.88 Å². The number of thiophene rings is 1. The molecule has 2 aromatic heterocycles. The van der Waals surface area contributed by atoms with Crippen molar-refractivity contribution in [3.63, 3.8) is 0 Å². The van der Waals surface area contributed by atoms with Crippen molar-refractivity contribution in [2.75, 3.05) is 26.2 Å². The standard InChI is InChI=1S/C17H22N4O2S2/c1-11-14(25-16(20-11)13-5-3-9-24-13)17(23)21-8-2-4-12(10-21)15(22)19-7-6-18/h3,5,9,12H,2,4,6-8,10,18H2,1H3,(H,19,22). The van der Waals surface area contributed by atoms with Gasteiger partial charge in [-0.25, -0.2) is 4.98 Å². The van der Waals surface area contributed by atoms with Crippen molar-refractivity contribution in [1.82, 2.24) is 15.2 Å². The molecule has 1 unspecified atom stereocenters. The van der Waals surface area contributed by atoms with Gasteiger partial charge in [-0.3, -0.25) is 9.59 Å². The highest BCUT2D eigenvalue weighted by atomic mass is 32.1. The van der Waals surface area contributed by atoms with Crippen molar-refractivity contribution in [2.24, 2.45) is 11.7 Å². The molecular formula is C17H22N4O2S2. The second-order valence-corrected chi connectivity index (χ2v) is 8.03. The van der Waals surface area contributed by atoms with Crippen LogP contribution < -0.4 is 11.1 Å². The van der Waals surface area contributed by atoms with Crippen LogP contribution in [0.25, 0.3) is 9.88 Å². The molecule has 0 aromatic carbocycles. The fourth-order valence-corrected chi connectivity index (χ4v) is 4.79. The van der Waals surface area contributed by atoms with Crippen LogP contribution in [0.5, 0.6) is 0 Å². The lowest BCUT2D eigenvalue weighted by Crippen LogP contribution is -2.46. The molecule has 8 heteroatoms. The summed E-state index contributed by atoms with van der Waals surface area (Å²) in [5.41, 5.74) is 6.19. The molecule has 134 valence electrons. The zero-order valence-corrected chi connectivity index (χ0v) is 15.8. The van der Waals surface area contributed by atoms with Gasteiger partial charge < -0.3 is 16.0 Å². The number of aryl methyl sites for hydroxylation is 1. The molecule has 25 heavy (non-hydrogen) atoms. The van der Waals surface area contributed by atoms with Crippen molar-refractivity contribution in [1.29, 1.82) is 0 Å². The molecule has 1 fully saturated rings. The van der Waals surface area contributed by atoms with E-state index in [1.165, 1.54) is 11.3 Å². The van der Waals surface area contributed by atoms with Crippen molar-refractivity contribution in [2.45, 2.75) is 19.8 Å². The number of thiazole rings is 1. The quantitative estimate of drug-likeness (QED) is 0.834. The maximum absolute atomic E-state index is 12.9. The van der Waals surface area contributed by atoms with Crippen molar-refractivity contribution in [3.05, 3.63) is 28.1 Å². The minimum atomic E-state index is -0.158. The molecule has 1 saturated heterocycles. The van der Waals surface area contributed by atoms with Crippen LogP contribution in [0.1, 0.15) is 28.2 Å². The topological polar surface area (TPSA) is 88.3 Å². The molecule has 0 spiro atoms. The van der Waals surface area contributed by atoms with E-state index in [0.29, 0.717) is 31.1 Å². The van der Waals surface area contributed by atoms with E-state index in [1.807, 2.05) is 24.4 Å². The summed E-state index contributed by atoms with van der Waals surface area (Å²) in [6.07, 6.45) is 1.64. The summed E-state index contributed by atoms with van der Waals surface area (Å²) < 4.78 is 0. The lowest BCUT2D eigenvalue weighted by atomic mass is 9.97. The highest BCUT2D eigenvalue weighted by molar-refractivity contribution is 7.22. The molecule has 2 amide bonds. The first-order valence-corrected chi connectivity index (χ1v) is 10.1. The van der Waals surface area contributed by atoms with Crippen LogP contribution in [-0.4, -0.2) is 47.9 Å². The maximum atomic E-state index is 12.9. The summed E-state index contributed by atoms with van der Waals surface area (Å²) in [4.78, 5) is 33.2. The van der Waals surface area contributed by atoms with E-state index < -0.39 is 0 Å². The zero-order valence-electron chi connectivity index (χ0n) is 14.2. The average molecular weight is 379 g/mol. The lowest BCUT2D eigenvalue weighted by molar-refractivity contribution is -0.126. The Kier molecular flexibility index (Phi) is 5.82. The van der Waals surface area contributed by atoms with Crippen LogP contribution in [0.15, 0.2) is 17.5 Å². The molecule has 0 bridgehead atoms. The molecule has 1 aliphatic rings. The summed E-state index contributed by atoms with van der Waals surface area (Å²) in [7, 11) is 0. The van der Waals surface area contributed by atoms with Gasteiger partial charge in [0.25, 0.3) is 5.91 Å². The van der Waals surface area contributed by atoms with Gasteiger partial charge in [-0.05, 0) is 31.2 Å². The molecule has 0 radical (unpaired) electrons. The summed E-state index contributed by atoms with van der Waals surface area (Å²) >= 11 is 3.05. The van der Waals surface area contributed by atoms with E-state index in [4.69, 9.17) is 5.73 Å². The number of hydrogen-bond donors (Lipinski definition) is 2. The van der Waals surface area contributed by atoms with E-state index in [0.717, 1.165) is 28.4 Å². The van der Waals surface area contributed by atoms with Gasteiger partial charge >= 0.3 is 0 Å². The van der Waals surface area contributed by atoms with Gasteiger partial charge in [0.05, 0.1) is 16.5 Å². The number of nitrogens with two attached hydrogens (primary N) is 1. The molecule has 6 nitrogen and oxygen atoms in total. The predicted octanol–water partition coefficient (Wildman–Crippen LogP) is 2.11. The number of carbonyl (C=O) groups excluding carboxylic acids is 2. The number of amides is 2. The average Bonchev–Trinajstić information content (AvgIpc) is 3.28. The van der Waals surface area contributed by atoms with Gasteiger partial charge in [0.2, 0.25) is 5.91 Å². The third-order valence-electron chi connectivity index (χ3n) is 4.25. The Morgan fingerprint density at radius 1 is 1.48 bits per heavy atom. The van der Waals surface area contributed by atoms with Crippen molar-refractivity contribution < 1.29 is 9.59 Å².